The smallest absolute Gasteiger partial charge is 0.323 e. The number of aryl methyl sites for hydroxylation is 1. The number of nitrogens with zero attached hydrogens (tertiary/aromatic N) is 2. The predicted octanol–water partition coefficient (Wildman–Crippen LogP) is 0.649. The van der Waals surface area contributed by atoms with Gasteiger partial charge in [-0.2, -0.15) is 4.98 Å². The first-order valence-corrected chi connectivity index (χ1v) is 7.01. The summed E-state index contributed by atoms with van der Waals surface area (Å²) in [6.45, 7) is 1.96. The number of benzene rings is 1. The Morgan fingerprint density at radius 2 is 1.95 bits per heavy atom. The number of hydrogen-bond donors (Lipinski definition) is 2. The molecule has 2 aromatic rings. The highest BCUT2D eigenvalue weighted by Gasteiger charge is 2.18. The number of aromatic nitrogens is 3. The standard InChI is InChI=1S/C13H16N4O2S/c1-8(10(14)9-6-4-3-5-7-9)20-13-15-11(18)12(19)16-17(13)2/h3-8,10H,14H2,1-2H3,(H,16,19). The molecule has 1 aromatic carbocycles. The van der Waals surface area contributed by atoms with Crippen molar-refractivity contribution in [3.63, 3.8) is 0 Å². The lowest BCUT2D eigenvalue weighted by Crippen LogP contribution is -2.34. The van der Waals surface area contributed by atoms with Gasteiger partial charge in [0.1, 0.15) is 0 Å². The molecule has 1 heterocycles. The van der Waals surface area contributed by atoms with Crippen molar-refractivity contribution in [3.8, 4) is 0 Å². The maximum atomic E-state index is 11.3. The van der Waals surface area contributed by atoms with E-state index in [0.29, 0.717) is 5.16 Å². The van der Waals surface area contributed by atoms with E-state index in [1.165, 1.54) is 16.4 Å². The second kappa shape index (κ2) is 6.06. The summed E-state index contributed by atoms with van der Waals surface area (Å²) >= 11 is 1.35. The molecule has 2 unspecified atom stereocenters. The lowest BCUT2D eigenvalue weighted by Gasteiger charge is -2.20. The average molecular weight is 292 g/mol. The summed E-state index contributed by atoms with van der Waals surface area (Å²) in [5, 5.41) is 2.86. The SMILES string of the molecule is CC(Sc1nc(=O)c(=O)[nH]n1C)C(N)c1ccccc1. The molecule has 7 heteroatoms. The van der Waals surface area contributed by atoms with Gasteiger partial charge < -0.3 is 5.73 Å². The maximum Gasteiger partial charge on any atom is 0.339 e. The fraction of sp³-hybridized carbons (Fsp3) is 0.308. The number of nitrogens with one attached hydrogen (secondary N) is 1. The zero-order valence-corrected chi connectivity index (χ0v) is 12.1. The van der Waals surface area contributed by atoms with Gasteiger partial charge in [0, 0.05) is 18.3 Å². The van der Waals surface area contributed by atoms with Gasteiger partial charge in [0.2, 0.25) is 0 Å². The van der Waals surface area contributed by atoms with Crippen LogP contribution in [0.1, 0.15) is 18.5 Å². The second-order valence-electron chi connectivity index (χ2n) is 4.46. The van der Waals surface area contributed by atoms with Crippen LogP contribution in [-0.4, -0.2) is 20.0 Å². The highest BCUT2D eigenvalue weighted by Crippen LogP contribution is 2.28. The minimum atomic E-state index is -0.786. The Hall–Kier alpha value is -1.86. The van der Waals surface area contributed by atoms with Gasteiger partial charge in [-0.1, -0.05) is 49.0 Å². The molecule has 0 fully saturated rings. The number of nitrogens with two attached hydrogens (primary N) is 1. The Labute approximate surface area is 120 Å². The zero-order valence-electron chi connectivity index (χ0n) is 11.2. The minimum Gasteiger partial charge on any atom is -0.323 e. The summed E-state index contributed by atoms with van der Waals surface area (Å²) in [7, 11) is 1.64. The summed E-state index contributed by atoms with van der Waals surface area (Å²) in [4.78, 5) is 26.2. The van der Waals surface area contributed by atoms with Crippen molar-refractivity contribution in [3.05, 3.63) is 56.6 Å². The van der Waals surface area contributed by atoms with Gasteiger partial charge >= 0.3 is 11.1 Å². The van der Waals surface area contributed by atoms with Crippen LogP contribution >= 0.6 is 11.8 Å². The van der Waals surface area contributed by atoms with Crippen LogP contribution in [0.3, 0.4) is 0 Å². The van der Waals surface area contributed by atoms with Gasteiger partial charge in [-0.05, 0) is 5.56 Å². The van der Waals surface area contributed by atoms with Gasteiger partial charge in [-0.3, -0.25) is 19.4 Å². The van der Waals surface area contributed by atoms with E-state index in [1.54, 1.807) is 7.05 Å². The summed E-state index contributed by atoms with van der Waals surface area (Å²) in [5.41, 5.74) is 5.70. The Balaban J connectivity index is 2.20. The fourth-order valence-electron chi connectivity index (χ4n) is 1.75. The third-order valence-corrected chi connectivity index (χ3v) is 4.17. The van der Waals surface area contributed by atoms with Crippen LogP contribution in [-0.2, 0) is 7.05 Å². The first kappa shape index (κ1) is 14.5. The lowest BCUT2D eigenvalue weighted by molar-refractivity contribution is 0.592. The van der Waals surface area contributed by atoms with Gasteiger partial charge in [-0.15, -0.1) is 0 Å². The van der Waals surface area contributed by atoms with Gasteiger partial charge in [-0.25, -0.2) is 0 Å². The Bertz CT molecular complexity index is 696. The molecule has 2 rings (SSSR count). The first-order valence-electron chi connectivity index (χ1n) is 6.13. The van der Waals surface area contributed by atoms with E-state index in [0.717, 1.165) is 5.56 Å². The number of aromatic amines is 1. The molecule has 20 heavy (non-hydrogen) atoms. The molecule has 0 aliphatic rings. The topological polar surface area (TPSA) is 93.8 Å². The number of hydrogen-bond acceptors (Lipinski definition) is 5. The molecule has 0 radical (unpaired) electrons. The molecule has 3 N–H and O–H groups in total. The Morgan fingerprint density at radius 3 is 2.60 bits per heavy atom. The maximum absolute atomic E-state index is 11.3. The van der Waals surface area contributed by atoms with Crippen molar-refractivity contribution in [1.29, 1.82) is 0 Å². The molecule has 0 aliphatic carbocycles. The minimum absolute atomic E-state index is 0.00130. The molecule has 1 aromatic heterocycles. The summed E-state index contributed by atoms with van der Waals surface area (Å²) in [6.07, 6.45) is 0. The van der Waals surface area contributed by atoms with E-state index in [4.69, 9.17) is 5.73 Å². The second-order valence-corrected chi connectivity index (χ2v) is 5.80. The lowest BCUT2D eigenvalue weighted by atomic mass is 10.1. The average Bonchev–Trinajstić information content (AvgIpc) is 2.44. The zero-order chi connectivity index (χ0) is 14.7. The highest BCUT2D eigenvalue weighted by atomic mass is 32.2. The molecule has 106 valence electrons. The van der Waals surface area contributed by atoms with E-state index >= 15 is 0 Å². The largest absolute Gasteiger partial charge is 0.339 e. The monoisotopic (exact) mass is 292 g/mol. The Morgan fingerprint density at radius 1 is 1.30 bits per heavy atom. The van der Waals surface area contributed by atoms with E-state index in [-0.39, 0.29) is 11.3 Å². The van der Waals surface area contributed by atoms with Gasteiger partial charge in [0.15, 0.2) is 5.16 Å². The van der Waals surface area contributed by atoms with Crippen LogP contribution in [0.5, 0.6) is 0 Å². The van der Waals surface area contributed by atoms with Crippen molar-refractivity contribution in [2.24, 2.45) is 12.8 Å². The Kier molecular flexibility index (Phi) is 4.41. The first-order chi connectivity index (χ1) is 9.49. The van der Waals surface area contributed by atoms with Crippen LogP contribution < -0.4 is 16.9 Å². The van der Waals surface area contributed by atoms with Crippen LogP contribution in [0.2, 0.25) is 0 Å². The van der Waals surface area contributed by atoms with Crippen molar-refractivity contribution >= 4 is 11.8 Å². The van der Waals surface area contributed by atoms with E-state index in [1.807, 2.05) is 37.3 Å². The molecule has 2 atom stereocenters. The van der Waals surface area contributed by atoms with E-state index < -0.39 is 11.1 Å². The molecule has 0 saturated heterocycles. The summed E-state index contributed by atoms with van der Waals surface area (Å²) in [5.74, 6) is 0. The van der Waals surface area contributed by atoms with Crippen molar-refractivity contribution in [2.75, 3.05) is 0 Å². The van der Waals surface area contributed by atoms with Crippen molar-refractivity contribution in [1.82, 2.24) is 14.8 Å². The van der Waals surface area contributed by atoms with Crippen LogP contribution in [0, 0.1) is 0 Å². The van der Waals surface area contributed by atoms with Crippen LogP contribution in [0.4, 0.5) is 0 Å². The number of rotatable bonds is 4. The number of thioether (sulfide) groups is 1. The third kappa shape index (κ3) is 3.17. The van der Waals surface area contributed by atoms with E-state index in [9.17, 15) is 9.59 Å². The van der Waals surface area contributed by atoms with E-state index in [2.05, 4.69) is 10.1 Å². The molecular formula is C13H16N4O2S. The third-order valence-electron chi connectivity index (χ3n) is 2.93. The van der Waals surface area contributed by atoms with Crippen LogP contribution in [0.25, 0.3) is 0 Å². The number of H-pyrrole nitrogens is 1. The van der Waals surface area contributed by atoms with Crippen molar-refractivity contribution in [2.45, 2.75) is 23.4 Å². The predicted molar refractivity (Wildman–Crippen MR) is 78.8 cm³/mol. The highest BCUT2D eigenvalue weighted by molar-refractivity contribution is 7.99. The molecule has 6 nitrogen and oxygen atoms in total. The molecule has 0 saturated carbocycles. The summed E-state index contributed by atoms with van der Waals surface area (Å²) in [6, 6.07) is 9.52. The van der Waals surface area contributed by atoms with Gasteiger partial charge in [0.25, 0.3) is 0 Å². The molecular weight excluding hydrogens is 276 g/mol. The van der Waals surface area contributed by atoms with Crippen molar-refractivity contribution < 1.29 is 0 Å². The summed E-state index contributed by atoms with van der Waals surface area (Å²) < 4.78 is 1.43. The fourth-order valence-corrected chi connectivity index (χ4v) is 2.73. The molecule has 0 spiro atoms. The molecule has 0 bridgehead atoms. The van der Waals surface area contributed by atoms with Gasteiger partial charge in [0.05, 0.1) is 0 Å². The molecule has 0 amide bonds. The van der Waals surface area contributed by atoms with Crippen LogP contribution in [0.15, 0.2) is 45.1 Å². The quantitative estimate of drug-likeness (QED) is 0.637. The normalized spacial score (nSPS) is 13.9. The molecule has 0 aliphatic heterocycles.